The lowest BCUT2D eigenvalue weighted by Crippen LogP contribution is -1.93. The molecule has 0 spiro atoms. The number of unbranched alkanes of at least 4 members (excludes halogenated alkanes) is 3. The van der Waals surface area contributed by atoms with Gasteiger partial charge in [-0.25, -0.2) is 0 Å². The van der Waals surface area contributed by atoms with E-state index in [1.807, 2.05) is 0 Å². The van der Waals surface area contributed by atoms with Crippen LogP contribution in [0.4, 0.5) is 0 Å². The lowest BCUT2D eigenvalue weighted by Gasteiger charge is -2.10. The summed E-state index contributed by atoms with van der Waals surface area (Å²) in [6, 6.07) is 13.3. The van der Waals surface area contributed by atoms with Crippen molar-refractivity contribution < 1.29 is 0 Å². The van der Waals surface area contributed by atoms with E-state index in [4.69, 9.17) is 0 Å². The third-order valence-corrected chi connectivity index (χ3v) is 4.23. The van der Waals surface area contributed by atoms with Crippen molar-refractivity contribution in [2.75, 3.05) is 0 Å². The van der Waals surface area contributed by atoms with E-state index in [2.05, 4.69) is 57.2 Å². The lowest BCUT2D eigenvalue weighted by molar-refractivity contribution is 0.520. The Labute approximate surface area is 124 Å². The Morgan fingerprint density at radius 1 is 0.850 bits per heavy atom. The van der Waals surface area contributed by atoms with Crippen LogP contribution in [-0.2, 0) is 6.42 Å². The highest BCUT2D eigenvalue weighted by molar-refractivity contribution is 5.86. The van der Waals surface area contributed by atoms with E-state index < -0.39 is 0 Å². The van der Waals surface area contributed by atoms with Crippen LogP contribution >= 0.6 is 0 Å². The fourth-order valence-corrected chi connectivity index (χ4v) is 2.98. The largest absolute Gasteiger partial charge is 0.0628 e. The monoisotopic (exact) mass is 268 g/mol. The number of benzene rings is 2. The van der Waals surface area contributed by atoms with E-state index >= 15 is 0 Å². The topological polar surface area (TPSA) is 0 Å². The maximum atomic E-state index is 2.32. The van der Waals surface area contributed by atoms with Crippen molar-refractivity contribution in [3.05, 3.63) is 47.5 Å². The van der Waals surface area contributed by atoms with E-state index in [1.54, 1.807) is 5.56 Å². The zero-order valence-corrected chi connectivity index (χ0v) is 13.3. The minimum Gasteiger partial charge on any atom is -0.0628 e. The van der Waals surface area contributed by atoms with Crippen molar-refractivity contribution in [1.82, 2.24) is 0 Å². The fourth-order valence-electron chi connectivity index (χ4n) is 2.98. The summed E-state index contributed by atoms with van der Waals surface area (Å²) in [5, 5.41) is 2.84. The van der Waals surface area contributed by atoms with Crippen LogP contribution in [0.2, 0.25) is 0 Å². The molecule has 0 saturated heterocycles. The summed E-state index contributed by atoms with van der Waals surface area (Å²) in [6.45, 7) is 6.89. The average molecular weight is 268 g/mol. The Morgan fingerprint density at radius 3 is 2.40 bits per heavy atom. The van der Waals surface area contributed by atoms with Crippen LogP contribution in [0, 0.1) is 12.8 Å². The molecule has 2 aromatic rings. The zero-order chi connectivity index (χ0) is 14.4. The summed E-state index contributed by atoms with van der Waals surface area (Å²) in [6.07, 6.45) is 8.10. The highest BCUT2D eigenvalue weighted by Gasteiger charge is 2.04. The molecule has 0 bridgehead atoms. The van der Waals surface area contributed by atoms with E-state index in [1.165, 1.54) is 54.9 Å². The molecule has 108 valence electrons. The molecular weight excluding hydrogens is 240 g/mol. The standard InChI is InChI=1S/C20H28/c1-16(2)10-6-4-5-7-12-19-17(3)14-15-18-11-8-9-13-20(18)19/h8-9,11,13-16H,4-7,10,12H2,1-3H3. The molecule has 0 heteroatoms. The van der Waals surface area contributed by atoms with Crippen molar-refractivity contribution in [3.63, 3.8) is 0 Å². The van der Waals surface area contributed by atoms with Crippen LogP contribution < -0.4 is 0 Å². The molecule has 0 aliphatic heterocycles. The van der Waals surface area contributed by atoms with Gasteiger partial charge in [0.2, 0.25) is 0 Å². The van der Waals surface area contributed by atoms with Gasteiger partial charge in [0, 0.05) is 0 Å². The molecule has 0 atom stereocenters. The quantitative estimate of drug-likeness (QED) is 0.517. The van der Waals surface area contributed by atoms with Crippen molar-refractivity contribution >= 4 is 10.8 Å². The molecule has 0 N–H and O–H groups in total. The van der Waals surface area contributed by atoms with Gasteiger partial charge in [0.25, 0.3) is 0 Å². The van der Waals surface area contributed by atoms with Gasteiger partial charge in [-0.2, -0.15) is 0 Å². The second-order valence-electron chi connectivity index (χ2n) is 6.43. The van der Waals surface area contributed by atoms with Gasteiger partial charge in [0.05, 0.1) is 0 Å². The molecule has 0 aliphatic rings. The normalized spacial score (nSPS) is 11.4. The smallest absolute Gasteiger partial charge is 0.0149 e. The molecule has 0 radical (unpaired) electrons. The maximum absolute atomic E-state index is 2.32. The van der Waals surface area contributed by atoms with Gasteiger partial charge >= 0.3 is 0 Å². The van der Waals surface area contributed by atoms with Crippen molar-refractivity contribution in [2.45, 2.75) is 59.3 Å². The predicted molar refractivity (Wildman–Crippen MR) is 90.3 cm³/mol. The molecule has 0 heterocycles. The van der Waals surface area contributed by atoms with Crippen LogP contribution in [-0.4, -0.2) is 0 Å². The second kappa shape index (κ2) is 7.47. The SMILES string of the molecule is Cc1ccc2ccccc2c1CCCCCCC(C)C. The molecule has 2 aromatic carbocycles. The van der Waals surface area contributed by atoms with Crippen molar-refractivity contribution in [1.29, 1.82) is 0 Å². The first kappa shape index (κ1) is 15.1. The van der Waals surface area contributed by atoms with Gasteiger partial charge < -0.3 is 0 Å². The van der Waals surface area contributed by atoms with Crippen LogP contribution in [0.25, 0.3) is 10.8 Å². The molecule has 2 rings (SSSR count). The lowest BCUT2D eigenvalue weighted by atomic mass is 9.95. The number of rotatable bonds is 7. The maximum Gasteiger partial charge on any atom is -0.0149 e. The van der Waals surface area contributed by atoms with E-state index in [0.29, 0.717) is 0 Å². The summed E-state index contributed by atoms with van der Waals surface area (Å²) in [4.78, 5) is 0. The second-order valence-corrected chi connectivity index (χ2v) is 6.43. The van der Waals surface area contributed by atoms with Crippen LogP contribution in [0.15, 0.2) is 36.4 Å². The van der Waals surface area contributed by atoms with Gasteiger partial charge in [-0.3, -0.25) is 0 Å². The van der Waals surface area contributed by atoms with Crippen LogP contribution in [0.5, 0.6) is 0 Å². The molecular formula is C20H28. The highest BCUT2D eigenvalue weighted by atomic mass is 14.1. The molecule has 0 saturated carbocycles. The zero-order valence-electron chi connectivity index (χ0n) is 13.3. The Balaban J connectivity index is 1.91. The molecule has 0 nitrogen and oxygen atoms in total. The molecule has 0 aliphatic carbocycles. The third-order valence-electron chi connectivity index (χ3n) is 4.23. The summed E-state index contributed by atoms with van der Waals surface area (Å²) < 4.78 is 0. The third kappa shape index (κ3) is 4.10. The van der Waals surface area contributed by atoms with E-state index in [9.17, 15) is 0 Å². The summed E-state index contributed by atoms with van der Waals surface area (Å²) in [5.74, 6) is 0.857. The predicted octanol–water partition coefficient (Wildman–Crippen LogP) is 6.30. The van der Waals surface area contributed by atoms with Gasteiger partial charge in [0.15, 0.2) is 0 Å². The van der Waals surface area contributed by atoms with E-state index in [0.717, 1.165) is 5.92 Å². The Kier molecular flexibility index (Phi) is 5.64. The first-order valence-electron chi connectivity index (χ1n) is 8.15. The van der Waals surface area contributed by atoms with Crippen molar-refractivity contribution in [2.24, 2.45) is 5.92 Å². The summed E-state index contributed by atoms with van der Waals surface area (Å²) in [7, 11) is 0. The number of hydrogen-bond acceptors (Lipinski definition) is 0. The summed E-state index contributed by atoms with van der Waals surface area (Å²) >= 11 is 0. The van der Waals surface area contributed by atoms with Gasteiger partial charge in [0.1, 0.15) is 0 Å². The molecule has 0 aromatic heterocycles. The Bertz CT molecular complexity index is 537. The Hall–Kier alpha value is -1.30. The molecule has 0 unspecified atom stereocenters. The molecule has 20 heavy (non-hydrogen) atoms. The van der Waals surface area contributed by atoms with Crippen molar-refractivity contribution in [3.8, 4) is 0 Å². The first-order valence-corrected chi connectivity index (χ1v) is 8.15. The summed E-state index contributed by atoms with van der Waals surface area (Å²) in [5.41, 5.74) is 3.01. The number of aryl methyl sites for hydroxylation is 2. The molecule has 0 fully saturated rings. The minimum absolute atomic E-state index is 0.857. The number of hydrogen-bond donors (Lipinski definition) is 0. The van der Waals surface area contributed by atoms with Crippen LogP contribution in [0.3, 0.4) is 0 Å². The van der Waals surface area contributed by atoms with Gasteiger partial charge in [-0.1, -0.05) is 75.9 Å². The van der Waals surface area contributed by atoms with E-state index in [-0.39, 0.29) is 0 Å². The molecule has 0 amide bonds. The fraction of sp³-hybridized carbons (Fsp3) is 0.500. The Morgan fingerprint density at radius 2 is 1.60 bits per heavy atom. The minimum atomic E-state index is 0.857. The number of fused-ring (bicyclic) bond motifs is 1. The highest BCUT2D eigenvalue weighted by Crippen LogP contribution is 2.24. The van der Waals surface area contributed by atoms with Gasteiger partial charge in [-0.15, -0.1) is 0 Å². The van der Waals surface area contributed by atoms with Gasteiger partial charge in [-0.05, 0) is 47.6 Å². The van der Waals surface area contributed by atoms with Crippen LogP contribution in [0.1, 0.15) is 57.1 Å². The average Bonchev–Trinajstić information content (AvgIpc) is 2.44. The first-order chi connectivity index (χ1) is 9.68.